The van der Waals surface area contributed by atoms with Gasteiger partial charge < -0.3 is 0 Å². The van der Waals surface area contributed by atoms with Gasteiger partial charge in [0.2, 0.25) is 0 Å². The van der Waals surface area contributed by atoms with Crippen molar-refractivity contribution in [3.63, 3.8) is 0 Å². The van der Waals surface area contributed by atoms with Crippen LogP contribution in [0.3, 0.4) is 0 Å². The standard InChI is InChI=1S/C10H11N3OSe/c1-2-8(11-7-4-5-14-6-7)10-9(3-1)12-15-13-10/h1-3,7,11H,4-6H2. The van der Waals surface area contributed by atoms with Gasteiger partial charge in [-0.1, -0.05) is 0 Å². The summed E-state index contributed by atoms with van der Waals surface area (Å²) in [6.45, 7) is 1.66. The van der Waals surface area contributed by atoms with Gasteiger partial charge in [-0.25, -0.2) is 0 Å². The summed E-state index contributed by atoms with van der Waals surface area (Å²) < 4.78 is 14.1. The summed E-state index contributed by atoms with van der Waals surface area (Å²) in [5.41, 5.74) is 3.16. The molecule has 1 aromatic carbocycles. The van der Waals surface area contributed by atoms with Crippen molar-refractivity contribution < 1.29 is 4.74 Å². The number of nitrogens with one attached hydrogen (secondary N) is 1. The zero-order valence-electron chi connectivity index (χ0n) is 8.14. The summed E-state index contributed by atoms with van der Waals surface area (Å²) in [5.74, 6) is 0. The molecule has 0 spiro atoms. The number of nitrogens with zero attached hydrogens (tertiary/aromatic N) is 2. The molecule has 2 heterocycles. The number of hydrogen-bond acceptors (Lipinski definition) is 4. The van der Waals surface area contributed by atoms with Crippen molar-refractivity contribution in [2.45, 2.75) is 12.5 Å². The van der Waals surface area contributed by atoms with Crippen LogP contribution >= 0.6 is 0 Å². The molecule has 78 valence electrons. The predicted octanol–water partition coefficient (Wildman–Crippen LogP) is 0.888. The van der Waals surface area contributed by atoms with Crippen molar-refractivity contribution in [3.8, 4) is 0 Å². The van der Waals surface area contributed by atoms with E-state index in [0.717, 1.165) is 36.4 Å². The van der Waals surface area contributed by atoms with Crippen LogP contribution in [0.5, 0.6) is 0 Å². The first-order valence-electron chi connectivity index (χ1n) is 4.99. The average molecular weight is 268 g/mol. The van der Waals surface area contributed by atoms with E-state index in [1.54, 1.807) is 0 Å². The molecule has 2 aromatic rings. The van der Waals surface area contributed by atoms with Crippen molar-refractivity contribution in [3.05, 3.63) is 18.2 Å². The van der Waals surface area contributed by atoms with E-state index < -0.39 is 0 Å². The molecule has 0 amide bonds. The number of hydrogen-bond donors (Lipinski definition) is 1. The molecule has 4 nitrogen and oxygen atoms in total. The Balaban J connectivity index is 1.92. The summed E-state index contributed by atoms with van der Waals surface area (Å²) in [7, 11) is 0. The topological polar surface area (TPSA) is 47.0 Å². The van der Waals surface area contributed by atoms with Crippen LogP contribution in [0.2, 0.25) is 0 Å². The zero-order chi connectivity index (χ0) is 10.1. The first kappa shape index (κ1) is 9.33. The minimum absolute atomic E-state index is 0.0479. The van der Waals surface area contributed by atoms with Crippen molar-refractivity contribution in [2.24, 2.45) is 0 Å². The van der Waals surface area contributed by atoms with Gasteiger partial charge in [0.25, 0.3) is 0 Å². The Bertz CT molecular complexity index is 464. The number of benzene rings is 1. The van der Waals surface area contributed by atoms with E-state index in [0.29, 0.717) is 6.04 Å². The van der Waals surface area contributed by atoms with Gasteiger partial charge in [0.05, 0.1) is 0 Å². The molecule has 0 radical (unpaired) electrons. The molecule has 1 aliphatic rings. The van der Waals surface area contributed by atoms with Gasteiger partial charge in [0.1, 0.15) is 0 Å². The number of rotatable bonds is 2. The molecular weight excluding hydrogens is 257 g/mol. The fourth-order valence-corrected chi connectivity index (χ4v) is 2.94. The van der Waals surface area contributed by atoms with E-state index in [9.17, 15) is 0 Å². The third kappa shape index (κ3) is 1.78. The third-order valence-electron chi connectivity index (χ3n) is 2.58. The summed E-state index contributed by atoms with van der Waals surface area (Å²) in [6, 6.07) is 6.54. The van der Waals surface area contributed by atoms with Crippen molar-refractivity contribution in [2.75, 3.05) is 18.5 Å². The first-order chi connectivity index (χ1) is 7.43. The van der Waals surface area contributed by atoms with E-state index >= 15 is 0 Å². The van der Waals surface area contributed by atoms with Gasteiger partial charge in [-0.15, -0.1) is 0 Å². The molecular formula is C10H11N3OSe. The SMILES string of the molecule is c1cc(NC2CCOC2)c2n[se]nc2c1. The quantitative estimate of drug-likeness (QED) is 0.822. The Labute approximate surface area is 93.9 Å². The Hall–Kier alpha value is -0.901. The molecule has 1 saturated heterocycles. The van der Waals surface area contributed by atoms with Gasteiger partial charge in [0, 0.05) is 0 Å². The molecule has 1 fully saturated rings. The maximum absolute atomic E-state index is 5.34. The molecule has 1 N–H and O–H groups in total. The zero-order valence-corrected chi connectivity index (χ0v) is 9.85. The summed E-state index contributed by atoms with van der Waals surface area (Å²) in [4.78, 5) is 0. The van der Waals surface area contributed by atoms with Gasteiger partial charge in [-0.2, -0.15) is 0 Å². The summed E-state index contributed by atoms with van der Waals surface area (Å²) in [6.07, 6.45) is 1.08. The number of ether oxygens (including phenoxy) is 1. The second-order valence-corrected chi connectivity index (χ2v) is 4.75. The van der Waals surface area contributed by atoms with E-state index in [2.05, 4.69) is 19.3 Å². The summed E-state index contributed by atoms with van der Waals surface area (Å²) >= 11 is 0.0479. The Kier molecular flexibility index (Phi) is 2.44. The summed E-state index contributed by atoms with van der Waals surface area (Å²) in [5, 5.41) is 3.47. The molecule has 5 heteroatoms. The average Bonchev–Trinajstić information content (AvgIpc) is 2.87. The van der Waals surface area contributed by atoms with Crippen LogP contribution in [0, 0.1) is 0 Å². The second-order valence-electron chi connectivity index (χ2n) is 3.64. The monoisotopic (exact) mass is 269 g/mol. The molecule has 1 aromatic heterocycles. The molecule has 1 aliphatic heterocycles. The molecule has 3 rings (SSSR count). The Morgan fingerprint density at radius 3 is 3.27 bits per heavy atom. The van der Waals surface area contributed by atoms with Crippen LogP contribution in [0.25, 0.3) is 11.0 Å². The maximum atomic E-state index is 5.34. The van der Waals surface area contributed by atoms with E-state index in [1.165, 1.54) is 0 Å². The van der Waals surface area contributed by atoms with Gasteiger partial charge in [0.15, 0.2) is 0 Å². The normalized spacial score (nSPS) is 20.9. The van der Waals surface area contributed by atoms with Crippen molar-refractivity contribution in [1.29, 1.82) is 0 Å². The Morgan fingerprint density at radius 1 is 1.40 bits per heavy atom. The van der Waals surface area contributed by atoms with E-state index in [-0.39, 0.29) is 15.0 Å². The van der Waals surface area contributed by atoms with Crippen LogP contribution in [0.15, 0.2) is 18.2 Å². The van der Waals surface area contributed by atoms with Crippen molar-refractivity contribution >= 4 is 31.7 Å². The van der Waals surface area contributed by atoms with Crippen LogP contribution < -0.4 is 5.32 Å². The Morgan fingerprint density at radius 2 is 2.40 bits per heavy atom. The fourth-order valence-electron chi connectivity index (χ4n) is 1.79. The van der Waals surface area contributed by atoms with Gasteiger partial charge >= 0.3 is 93.6 Å². The van der Waals surface area contributed by atoms with Crippen LogP contribution in [0.1, 0.15) is 6.42 Å². The first-order valence-corrected chi connectivity index (χ1v) is 6.52. The van der Waals surface area contributed by atoms with Crippen LogP contribution in [0.4, 0.5) is 5.69 Å². The molecule has 0 saturated carbocycles. The molecule has 15 heavy (non-hydrogen) atoms. The number of anilines is 1. The van der Waals surface area contributed by atoms with Gasteiger partial charge in [-0.3, -0.25) is 0 Å². The fraction of sp³-hybridized carbons (Fsp3) is 0.400. The van der Waals surface area contributed by atoms with Gasteiger partial charge in [-0.05, 0) is 0 Å². The second kappa shape index (κ2) is 3.93. The predicted molar refractivity (Wildman–Crippen MR) is 59.3 cm³/mol. The van der Waals surface area contributed by atoms with E-state index in [4.69, 9.17) is 4.74 Å². The molecule has 0 bridgehead atoms. The number of fused-ring (bicyclic) bond motifs is 1. The van der Waals surface area contributed by atoms with Crippen LogP contribution in [-0.4, -0.2) is 42.2 Å². The minimum atomic E-state index is 0.0479. The molecule has 1 atom stereocenters. The molecule has 0 aliphatic carbocycles. The van der Waals surface area contributed by atoms with Crippen LogP contribution in [-0.2, 0) is 4.74 Å². The number of aromatic nitrogens is 2. The van der Waals surface area contributed by atoms with E-state index in [1.807, 2.05) is 12.1 Å². The molecule has 1 unspecified atom stereocenters. The van der Waals surface area contributed by atoms with Crippen molar-refractivity contribution in [1.82, 2.24) is 7.96 Å². The third-order valence-corrected chi connectivity index (χ3v) is 3.71.